The van der Waals surface area contributed by atoms with Crippen LogP contribution in [-0.4, -0.2) is 12.6 Å². The summed E-state index contributed by atoms with van der Waals surface area (Å²) >= 11 is 3.79. The third-order valence-electron chi connectivity index (χ3n) is 1.52. The predicted octanol–water partition coefficient (Wildman–Crippen LogP) is 3.21. The smallest absolute Gasteiger partial charge is 0.340 e. The first-order valence-electron chi connectivity index (χ1n) is 3.88. The van der Waals surface area contributed by atoms with Crippen LogP contribution in [-0.2, 0) is 4.74 Å². The topological polar surface area (TPSA) is 26.3 Å². The SMILES string of the molecule is CCOC(=O)c1c(I)ccc(F)c1I. The molecular weight excluding hydrogens is 413 g/mol. The van der Waals surface area contributed by atoms with E-state index in [0.29, 0.717) is 19.3 Å². The predicted molar refractivity (Wildman–Crippen MR) is 67.8 cm³/mol. The van der Waals surface area contributed by atoms with Gasteiger partial charge in [0.15, 0.2) is 0 Å². The number of hydrogen-bond donors (Lipinski definition) is 0. The first-order chi connectivity index (χ1) is 6.57. The van der Waals surface area contributed by atoms with Crippen molar-refractivity contribution >= 4 is 51.2 Å². The molecule has 0 atom stereocenters. The van der Waals surface area contributed by atoms with Crippen molar-refractivity contribution in [3.63, 3.8) is 0 Å². The Hall–Kier alpha value is 0.0800. The molecule has 0 aliphatic heterocycles. The fourth-order valence-electron chi connectivity index (χ4n) is 0.917. The molecule has 0 aromatic heterocycles. The number of benzene rings is 1. The van der Waals surface area contributed by atoms with Gasteiger partial charge in [-0.15, -0.1) is 0 Å². The van der Waals surface area contributed by atoms with E-state index in [2.05, 4.69) is 0 Å². The van der Waals surface area contributed by atoms with E-state index in [1.54, 1.807) is 35.6 Å². The van der Waals surface area contributed by atoms with Gasteiger partial charge in [0, 0.05) is 3.57 Å². The normalized spacial score (nSPS) is 10.0. The van der Waals surface area contributed by atoms with E-state index >= 15 is 0 Å². The lowest BCUT2D eigenvalue weighted by Crippen LogP contribution is -2.10. The molecule has 0 heterocycles. The number of esters is 1. The number of carbonyl (C=O) groups excluding carboxylic acids is 1. The van der Waals surface area contributed by atoms with E-state index in [0.717, 1.165) is 0 Å². The lowest BCUT2D eigenvalue weighted by atomic mass is 10.2. The van der Waals surface area contributed by atoms with Crippen LogP contribution in [0.1, 0.15) is 17.3 Å². The van der Waals surface area contributed by atoms with Gasteiger partial charge in [0.05, 0.1) is 15.7 Å². The van der Waals surface area contributed by atoms with E-state index in [1.165, 1.54) is 6.07 Å². The highest BCUT2D eigenvalue weighted by Gasteiger charge is 2.17. The summed E-state index contributed by atoms with van der Waals surface area (Å²) in [5.41, 5.74) is 0.313. The fraction of sp³-hybridized carbons (Fsp3) is 0.222. The van der Waals surface area contributed by atoms with Gasteiger partial charge in [-0.3, -0.25) is 0 Å². The summed E-state index contributed by atoms with van der Waals surface area (Å²) in [6, 6.07) is 2.90. The molecule has 0 fully saturated rings. The van der Waals surface area contributed by atoms with Crippen LogP contribution >= 0.6 is 45.2 Å². The van der Waals surface area contributed by atoms with Gasteiger partial charge in [-0.05, 0) is 64.2 Å². The highest BCUT2D eigenvalue weighted by atomic mass is 127. The van der Waals surface area contributed by atoms with Crippen LogP contribution in [0.25, 0.3) is 0 Å². The molecule has 1 rings (SSSR count). The van der Waals surface area contributed by atoms with Gasteiger partial charge in [-0.2, -0.15) is 0 Å². The van der Waals surface area contributed by atoms with Crippen molar-refractivity contribution in [3.05, 3.63) is 30.7 Å². The molecule has 0 saturated carbocycles. The van der Waals surface area contributed by atoms with Gasteiger partial charge in [-0.25, -0.2) is 9.18 Å². The van der Waals surface area contributed by atoms with Crippen LogP contribution < -0.4 is 0 Å². The lowest BCUT2D eigenvalue weighted by molar-refractivity contribution is 0.0523. The van der Waals surface area contributed by atoms with E-state index in [9.17, 15) is 9.18 Å². The molecule has 14 heavy (non-hydrogen) atoms. The monoisotopic (exact) mass is 420 g/mol. The number of carbonyl (C=O) groups is 1. The van der Waals surface area contributed by atoms with Crippen molar-refractivity contribution < 1.29 is 13.9 Å². The summed E-state index contributed by atoms with van der Waals surface area (Å²) < 4.78 is 19.0. The zero-order chi connectivity index (χ0) is 10.7. The van der Waals surface area contributed by atoms with Gasteiger partial charge in [0.25, 0.3) is 0 Å². The van der Waals surface area contributed by atoms with E-state index in [4.69, 9.17) is 4.74 Å². The molecule has 0 saturated heterocycles. The summed E-state index contributed by atoms with van der Waals surface area (Å²) in [4.78, 5) is 11.4. The highest BCUT2D eigenvalue weighted by Crippen LogP contribution is 2.22. The van der Waals surface area contributed by atoms with Crippen molar-refractivity contribution in [1.29, 1.82) is 0 Å². The highest BCUT2D eigenvalue weighted by molar-refractivity contribution is 14.1. The molecule has 2 nitrogen and oxygen atoms in total. The van der Waals surface area contributed by atoms with Gasteiger partial charge in [0.1, 0.15) is 5.82 Å². The standard InChI is InChI=1S/C9H7FI2O2/c1-2-14-9(13)7-6(11)4-3-5(10)8(7)12/h3-4H,2H2,1H3. The molecule has 1 aromatic rings. The minimum Gasteiger partial charge on any atom is -0.462 e. The van der Waals surface area contributed by atoms with Crippen LogP contribution in [0.3, 0.4) is 0 Å². The second-order valence-electron chi connectivity index (χ2n) is 2.44. The number of rotatable bonds is 2. The molecule has 0 unspecified atom stereocenters. The van der Waals surface area contributed by atoms with E-state index in [-0.39, 0.29) is 0 Å². The molecule has 0 aliphatic carbocycles. The summed E-state index contributed by atoms with van der Waals surface area (Å²) in [6.45, 7) is 2.01. The van der Waals surface area contributed by atoms with Gasteiger partial charge in [-0.1, -0.05) is 0 Å². The molecule has 0 radical (unpaired) electrons. The fourth-order valence-corrected chi connectivity index (χ4v) is 2.79. The molecule has 0 aliphatic rings. The zero-order valence-electron chi connectivity index (χ0n) is 7.31. The average molecular weight is 420 g/mol. The summed E-state index contributed by atoms with van der Waals surface area (Å²) in [7, 11) is 0. The maximum atomic E-state index is 13.1. The second kappa shape index (κ2) is 5.24. The Morgan fingerprint density at radius 1 is 1.50 bits per heavy atom. The van der Waals surface area contributed by atoms with Crippen LogP contribution in [0.4, 0.5) is 4.39 Å². The Labute approximate surface area is 108 Å². The quantitative estimate of drug-likeness (QED) is 0.418. The van der Waals surface area contributed by atoms with Crippen molar-refractivity contribution in [2.75, 3.05) is 6.61 Å². The van der Waals surface area contributed by atoms with Crippen LogP contribution in [0, 0.1) is 13.0 Å². The second-order valence-corrected chi connectivity index (χ2v) is 4.68. The summed E-state index contributed by atoms with van der Waals surface area (Å²) in [5, 5.41) is 0. The zero-order valence-corrected chi connectivity index (χ0v) is 11.6. The van der Waals surface area contributed by atoms with E-state index in [1.807, 2.05) is 22.6 Å². The van der Waals surface area contributed by atoms with Crippen molar-refractivity contribution in [3.8, 4) is 0 Å². The van der Waals surface area contributed by atoms with Crippen LogP contribution in [0.5, 0.6) is 0 Å². The largest absolute Gasteiger partial charge is 0.462 e. The summed E-state index contributed by atoms with van der Waals surface area (Å²) in [5.74, 6) is -0.866. The molecule has 0 spiro atoms. The van der Waals surface area contributed by atoms with Crippen LogP contribution in [0.2, 0.25) is 0 Å². The number of ether oxygens (including phenoxy) is 1. The molecule has 1 aromatic carbocycles. The Morgan fingerprint density at radius 2 is 2.14 bits per heavy atom. The Kier molecular flexibility index (Phi) is 4.55. The maximum absolute atomic E-state index is 13.1. The molecule has 76 valence electrons. The Balaban J connectivity index is 3.18. The maximum Gasteiger partial charge on any atom is 0.340 e. The van der Waals surface area contributed by atoms with Gasteiger partial charge < -0.3 is 4.74 Å². The Morgan fingerprint density at radius 3 is 2.71 bits per heavy atom. The molecule has 0 bridgehead atoms. The van der Waals surface area contributed by atoms with E-state index < -0.39 is 11.8 Å². The first kappa shape index (κ1) is 12.2. The number of hydrogen-bond acceptors (Lipinski definition) is 2. The Bertz CT molecular complexity index is 366. The molecular formula is C9H7FI2O2. The third kappa shape index (κ3) is 2.56. The first-order valence-corrected chi connectivity index (χ1v) is 6.04. The van der Waals surface area contributed by atoms with Gasteiger partial charge >= 0.3 is 5.97 Å². The lowest BCUT2D eigenvalue weighted by Gasteiger charge is -2.06. The summed E-state index contributed by atoms with van der Waals surface area (Å²) in [6.07, 6.45) is 0. The third-order valence-corrected chi connectivity index (χ3v) is 3.48. The minimum atomic E-state index is -0.471. The molecule has 5 heteroatoms. The molecule has 0 N–H and O–H groups in total. The molecule has 0 amide bonds. The van der Waals surface area contributed by atoms with Crippen molar-refractivity contribution in [2.24, 2.45) is 0 Å². The van der Waals surface area contributed by atoms with Crippen molar-refractivity contribution in [1.82, 2.24) is 0 Å². The number of halogens is 3. The van der Waals surface area contributed by atoms with Crippen molar-refractivity contribution in [2.45, 2.75) is 6.92 Å². The average Bonchev–Trinajstić information content (AvgIpc) is 2.13. The minimum absolute atomic E-state index is 0.293. The van der Waals surface area contributed by atoms with Gasteiger partial charge in [0.2, 0.25) is 0 Å². The van der Waals surface area contributed by atoms with Crippen LogP contribution in [0.15, 0.2) is 12.1 Å².